The van der Waals surface area contributed by atoms with Gasteiger partial charge in [0.1, 0.15) is 11.7 Å². The van der Waals surface area contributed by atoms with Crippen molar-refractivity contribution < 1.29 is 10.2 Å². The van der Waals surface area contributed by atoms with Gasteiger partial charge in [0.2, 0.25) is 0 Å². The number of benzene rings is 1. The lowest BCUT2D eigenvalue weighted by Gasteiger charge is -2.32. The van der Waals surface area contributed by atoms with Gasteiger partial charge in [0.05, 0.1) is 10.4 Å². The SMILES string of the molecule is O[C]1CCCCCC[C@]1(O)c1nsc2ccccc12. The molecular formula is C15H18NO2S. The van der Waals surface area contributed by atoms with Crippen molar-refractivity contribution >= 4 is 21.6 Å². The third-order valence-corrected chi connectivity index (χ3v) is 4.78. The predicted octanol–water partition coefficient (Wildman–Crippen LogP) is 3.74. The van der Waals surface area contributed by atoms with Crippen LogP contribution in [-0.2, 0) is 5.60 Å². The first kappa shape index (κ1) is 13.0. The second-order valence-corrected chi connectivity index (χ2v) is 6.05. The Balaban J connectivity index is 2.05. The van der Waals surface area contributed by atoms with E-state index in [-0.39, 0.29) is 6.10 Å². The Morgan fingerprint density at radius 3 is 2.79 bits per heavy atom. The number of aliphatic hydroxyl groups excluding tert-OH is 1. The van der Waals surface area contributed by atoms with Gasteiger partial charge in [-0.2, -0.15) is 4.37 Å². The summed E-state index contributed by atoms with van der Waals surface area (Å²) in [6.07, 6.45) is 5.41. The van der Waals surface area contributed by atoms with E-state index in [1.807, 2.05) is 24.3 Å². The Morgan fingerprint density at radius 2 is 1.89 bits per heavy atom. The molecule has 0 amide bonds. The Morgan fingerprint density at radius 1 is 1.11 bits per heavy atom. The van der Waals surface area contributed by atoms with Gasteiger partial charge in [-0.3, -0.25) is 0 Å². The number of fused-ring (bicyclic) bond motifs is 1. The first-order valence-electron chi connectivity index (χ1n) is 6.84. The lowest BCUT2D eigenvalue weighted by molar-refractivity contribution is -0.0328. The van der Waals surface area contributed by atoms with Gasteiger partial charge in [0.25, 0.3) is 0 Å². The quantitative estimate of drug-likeness (QED) is 0.834. The highest BCUT2D eigenvalue weighted by Crippen LogP contribution is 2.42. The van der Waals surface area contributed by atoms with Crippen LogP contribution >= 0.6 is 11.5 Å². The summed E-state index contributed by atoms with van der Waals surface area (Å²) in [7, 11) is 0. The van der Waals surface area contributed by atoms with E-state index in [0.717, 1.165) is 35.8 Å². The maximum Gasteiger partial charge on any atom is 0.140 e. The molecule has 101 valence electrons. The van der Waals surface area contributed by atoms with Crippen LogP contribution in [-0.4, -0.2) is 14.6 Å². The first-order chi connectivity index (χ1) is 9.22. The molecule has 19 heavy (non-hydrogen) atoms. The molecule has 0 aliphatic heterocycles. The van der Waals surface area contributed by atoms with E-state index < -0.39 is 5.60 Å². The maximum absolute atomic E-state index is 11.0. The van der Waals surface area contributed by atoms with E-state index in [0.29, 0.717) is 18.5 Å². The van der Waals surface area contributed by atoms with E-state index >= 15 is 0 Å². The van der Waals surface area contributed by atoms with Crippen LogP contribution in [0.5, 0.6) is 0 Å². The van der Waals surface area contributed by atoms with Crippen molar-refractivity contribution in [2.24, 2.45) is 0 Å². The molecule has 1 saturated carbocycles. The third-order valence-electron chi connectivity index (χ3n) is 3.95. The number of hydrogen-bond acceptors (Lipinski definition) is 4. The summed E-state index contributed by atoms with van der Waals surface area (Å²) >= 11 is 1.39. The molecule has 2 N–H and O–H groups in total. The average Bonchev–Trinajstić information content (AvgIpc) is 2.84. The van der Waals surface area contributed by atoms with Gasteiger partial charge in [0, 0.05) is 5.39 Å². The summed E-state index contributed by atoms with van der Waals surface area (Å²) in [5.41, 5.74) is -0.632. The zero-order valence-corrected chi connectivity index (χ0v) is 11.6. The molecule has 1 aromatic carbocycles. The number of hydrogen-bond donors (Lipinski definition) is 2. The topological polar surface area (TPSA) is 53.4 Å². The second kappa shape index (κ2) is 5.19. The number of nitrogens with zero attached hydrogens (tertiary/aromatic N) is 1. The number of aliphatic hydroxyl groups is 2. The highest BCUT2D eigenvalue weighted by atomic mass is 32.1. The van der Waals surface area contributed by atoms with E-state index in [4.69, 9.17) is 0 Å². The van der Waals surface area contributed by atoms with Crippen molar-refractivity contribution in [2.45, 2.75) is 44.1 Å². The van der Waals surface area contributed by atoms with Crippen LogP contribution in [0.15, 0.2) is 24.3 Å². The van der Waals surface area contributed by atoms with Gasteiger partial charge in [0.15, 0.2) is 0 Å². The minimum atomic E-state index is -1.26. The van der Waals surface area contributed by atoms with Gasteiger partial charge >= 0.3 is 0 Å². The molecule has 0 bridgehead atoms. The van der Waals surface area contributed by atoms with E-state index in [2.05, 4.69) is 4.37 Å². The molecule has 4 heteroatoms. The van der Waals surface area contributed by atoms with Crippen LogP contribution in [0.25, 0.3) is 10.1 Å². The summed E-state index contributed by atoms with van der Waals surface area (Å²) in [6.45, 7) is 0. The molecule has 1 aliphatic rings. The molecular weight excluding hydrogens is 258 g/mol. The summed E-state index contributed by atoms with van der Waals surface area (Å²) in [5, 5.41) is 22.2. The fraction of sp³-hybridized carbons (Fsp3) is 0.467. The Hall–Kier alpha value is -0.970. The van der Waals surface area contributed by atoms with Gasteiger partial charge in [-0.25, -0.2) is 0 Å². The number of aromatic nitrogens is 1. The van der Waals surface area contributed by atoms with Crippen LogP contribution in [0, 0.1) is 6.10 Å². The Kier molecular flexibility index (Phi) is 3.56. The highest BCUT2D eigenvalue weighted by Gasteiger charge is 2.41. The lowest BCUT2D eigenvalue weighted by Crippen LogP contribution is -2.35. The monoisotopic (exact) mass is 276 g/mol. The van der Waals surface area contributed by atoms with Crippen molar-refractivity contribution in [1.82, 2.24) is 4.37 Å². The molecule has 1 aromatic heterocycles. The Labute approximate surface area is 117 Å². The summed E-state index contributed by atoms with van der Waals surface area (Å²) < 4.78 is 5.48. The van der Waals surface area contributed by atoms with Crippen molar-refractivity contribution in [3.63, 3.8) is 0 Å². The van der Waals surface area contributed by atoms with E-state index in [9.17, 15) is 10.2 Å². The zero-order chi connectivity index (χ0) is 13.3. The zero-order valence-electron chi connectivity index (χ0n) is 10.8. The lowest BCUT2D eigenvalue weighted by atomic mass is 9.81. The Bertz CT molecular complexity index is 568. The smallest absolute Gasteiger partial charge is 0.140 e. The molecule has 0 saturated heterocycles. The molecule has 0 unspecified atom stereocenters. The van der Waals surface area contributed by atoms with Crippen LogP contribution in [0.1, 0.15) is 44.2 Å². The summed E-state index contributed by atoms with van der Waals surface area (Å²) in [6, 6.07) is 7.89. The maximum atomic E-state index is 11.0. The molecule has 3 rings (SSSR count). The molecule has 1 heterocycles. The normalized spacial score (nSPS) is 26.2. The van der Waals surface area contributed by atoms with Gasteiger partial charge in [-0.1, -0.05) is 43.9 Å². The minimum Gasteiger partial charge on any atom is -0.383 e. The third kappa shape index (κ3) is 2.29. The molecule has 3 nitrogen and oxygen atoms in total. The van der Waals surface area contributed by atoms with Gasteiger partial charge < -0.3 is 10.2 Å². The summed E-state index contributed by atoms with van der Waals surface area (Å²) in [4.78, 5) is 0. The predicted molar refractivity (Wildman–Crippen MR) is 76.4 cm³/mol. The molecule has 1 atom stereocenters. The van der Waals surface area contributed by atoms with Crippen molar-refractivity contribution in [3.05, 3.63) is 36.1 Å². The second-order valence-electron chi connectivity index (χ2n) is 5.25. The molecule has 2 aromatic rings. The van der Waals surface area contributed by atoms with Crippen LogP contribution < -0.4 is 0 Å². The van der Waals surface area contributed by atoms with Crippen molar-refractivity contribution in [3.8, 4) is 0 Å². The highest BCUT2D eigenvalue weighted by molar-refractivity contribution is 7.13. The molecule has 1 aliphatic carbocycles. The average molecular weight is 276 g/mol. The number of rotatable bonds is 1. The van der Waals surface area contributed by atoms with Crippen molar-refractivity contribution in [2.75, 3.05) is 0 Å². The molecule has 0 spiro atoms. The van der Waals surface area contributed by atoms with Crippen molar-refractivity contribution in [1.29, 1.82) is 0 Å². The van der Waals surface area contributed by atoms with E-state index in [1.54, 1.807) is 0 Å². The standard InChI is InChI=1S/C15H18NO2S/c17-13-9-3-1-2-6-10-15(13,18)14-11-7-4-5-8-12(11)19-16-14/h4-5,7-8,17-18H,1-3,6,9-10H2/t15-/m1/s1. The fourth-order valence-electron chi connectivity index (χ4n) is 2.82. The van der Waals surface area contributed by atoms with Gasteiger partial charge in [-0.15, -0.1) is 0 Å². The minimum absolute atomic E-state index is 0.184. The van der Waals surface area contributed by atoms with Crippen LogP contribution in [0.2, 0.25) is 0 Å². The molecule has 1 radical (unpaired) electrons. The first-order valence-corrected chi connectivity index (χ1v) is 7.62. The summed E-state index contributed by atoms with van der Waals surface area (Å²) in [5.74, 6) is 0. The van der Waals surface area contributed by atoms with Crippen LogP contribution in [0.3, 0.4) is 0 Å². The largest absolute Gasteiger partial charge is 0.383 e. The molecule has 1 fully saturated rings. The van der Waals surface area contributed by atoms with Crippen LogP contribution in [0.4, 0.5) is 0 Å². The van der Waals surface area contributed by atoms with E-state index in [1.165, 1.54) is 11.5 Å². The fourth-order valence-corrected chi connectivity index (χ4v) is 3.66. The van der Waals surface area contributed by atoms with Gasteiger partial charge in [-0.05, 0) is 30.4 Å².